The number of hydrogen-bond donors (Lipinski definition) is 2. The van der Waals surface area contributed by atoms with Gasteiger partial charge in [0.25, 0.3) is 0 Å². The van der Waals surface area contributed by atoms with Crippen molar-refractivity contribution >= 4 is 5.96 Å². The van der Waals surface area contributed by atoms with Gasteiger partial charge in [-0.1, -0.05) is 20.3 Å². The zero-order chi connectivity index (χ0) is 10.3. The van der Waals surface area contributed by atoms with E-state index in [-0.39, 0.29) is 0 Å². The zero-order valence-corrected chi connectivity index (χ0v) is 9.30. The Bertz CT molecular complexity index is 152. The van der Waals surface area contributed by atoms with Crippen LogP contribution >= 0.6 is 0 Å². The molecule has 0 fully saturated rings. The molecule has 0 spiro atoms. The molecular formula is C10H23N3. The molecular weight excluding hydrogens is 162 g/mol. The molecule has 3 heteroatoms. The van der Waals surface area contributed by atoms with Gasteiger partial charge in [0, 0.05) is 6.04 Å². The first-order valence-electron chi connectivity index (χ1n) is 5.19. The zero-order valence-electron chi connectivity index (χ0n) is 9.30. The van der Waals surface area contributed by atoms with Crippen molar-refractivity contribution in [2.75, 3.05) is 0 Å². The normalized spacial score (nSPS) is 14.7. The number of nitrogens with zero attached hydrogens (tertiary/aromatic N) is 1. The van der Waals surface area contributed by atoms with E-state index in [0.717, 1.165) is 19.3 Å². The third-order valence-corrected chi connectivity index (χ3v) is 1.85. The van der Waals surface area contributed by atoms with Gasteiger partial charge in [0.15, 0.2) is 5.96 Å². The second-order valence-electron chi connectivity index (χ2n) is 3.66. The molecule has 78 valence electrons. The number of nitrogens with two attached hydrogens (primary N) is 1. The number of guanidine groups is 1. The highest BCUT2D eigenvalue weighted by Gasteiger charge is 2.03. The second kappa shape index (κ2) is 6.75. The maximum atomic E-state index is 5.72. The molecule has 0 saturated carbocycles. The van der Waals surface area contributed by atoms with Crippen LogP contribution in [0.25, 0.3) is 0 Å². The van der Waals surface area contributed by atoms with E-state index >= 15 is 0 Å². The van der Waals surface area contributed by atoms with Crippen molar-refractivity contribution in [3.8, 4) is 0 Å². The fraction of sp³-hybridized carbons (Fsp3) is 0.900. The lowest BCUT2D eigenvalue weighted by Gasteiger charge is -2.13. The molecule has 0 heterocycles. The van der Waals surface area contributed by atoms with Crippen molar-refractivity contribution in [1.82, 2.24) is 5.32 Å². The third-order valence-electron chi connectivity index (χ3n) is 1.85. The largest absolute Gasteiger partial charge is 0.370 e. The van der Waals surface area contributed by atoms with E-state index in [4.69, 9.17) is 5.73 Å². The van der Waals surface area contributed by atoms with Gasteiger partial charge in [-0.15, -0.1) is 0 Å². The lowest BCUT2D eigenvalue weighted by Crippen LogP contribution is -2.37. The van der Waals surface area contributed by atoms with Gasteiger partial charge in [0.1, 0.15) is 0 Å². The van der Waals surface area contributed by atoms with Crippen molar-refractivity contribution < 1.29 is 0 Å². The molecule has 3 nitrogen and oxygen atoms in total. The fourth-order valence-electron chi connectivity index (χ4n) is 1.22. The second-order valence-corrected chi connectivity index (χ2v) is 3.66. The molecule has 0 amide bonds. The van der Waals surface area contributed by atoms with Crippen molar-refractivity contribution in [1.29, 1.82) is 0 Å². The minimum atomic E-state index is 0.364. The monoisotopic (exact) mass is 185 g/mol. The van der Waals surface area contributed by atoms with Gasteiger partial charge < -0.3 is 11.1 Å². The predicted molar refractivity (Wildman–Crippen MR) is 58.9 cm³/mol. The molecule has 0 aromatic heterocycles. The summed E-state index contributed by atoms with van der Waals surface area (Å²) < 4.78 is 0. The predicted octanol–water partition coefficient (Wildman–Crippen LogP) is 1.88. The first-order chi connectivity index (χ1) is 6.10. The van der Waals surface area contributed by atoms with Crippen LogP contribution in [-0.4, -0.2) is 18.0 Å². The van der Waals surface area contributed by atoms with Gasteiger partial charge in [0.2, 0.25) is 0 Å². The molecule has 0 aromatic carbocycles. The van der Waals surface area contributed by atoms with E-state index in [1.807, 2.05) is 0 Å². The number of nitrogens with one attached hydrogen (secondary N) is 1. The minimum absolute atomic E-state index is 0.364. The van der Waals surface area contributed by atoms with Gasteiger partial charge in [-0.25, -0.2) is 0 Å². The van der Waals surface area contributed by atoms with Crippen molar-refractivity contribution in [3.05, 3.63) is 0 Å². The average molecular weight is 185 g/mol. The van der Waals surface area contributed by atoms with Crippen LogP contribution in [0.3, 0.4) is 0 Å². The number of rotatable bonds is 5. The van der Waals surface area contributed by atoms with E-state index in [0.29, 0.717) is 18.0 Å². The molecule has 0 saturated heterocycles. The molecule has 0 aliphatic rings. The molecule has 0 radical (unpaired) electrons. The lowest BCUT2D eigenvalue weighted by molar-refractivity contribution is 0.582. The highest BCUT2D eigenvalue weighted by Crippen LogP contribution is 2.05. The molecule has 3 N–H and O–H groups in total. The molecule has 1 unspecified atom stereocenters. The van der Waals surface area contributed by atoms with Crippen LogP contribution in [0.4, 0.5) is 0 Å². The van der Waals surface area contributed by atoms with Crippen LogP contribution in [0, 0.1) is 0 Å². The highest BCUT2D eigenvalue weighted by molar-refractivity contribution is 5.78. The Hall–Kier alpha value is -0.730. The molecule has 0 aliphatic carbocycles. The van der Waals surface area contributed by atoms with Crippen LogP contribution in [0.1, 0.15) is 47.0 Å². The summed E-state index contributed by atoms with van der Waals surface area (Å²) in [5.41, 5.74) is 5.72. The van der Waals surface area contributed by atoms with E-state index in [1.165, 1.54) is 0 Å². The summed E-state index contributed by atoms with van der Waals surface area (Å²) >= 11 is 0. The van der Waals surface area contributed by atoms with E-state index in [9.17, 15) is 0 Å². The summed E-state index contributed by atoms with van der Waals surface area (Å²) in [4.78, 5) is 4.41. The third kappa shape index (κ3) is 6.43. The van der Waals surface area contributed by atoms with Gasteiger partial charge in [-0.2, -0.15) is 0 Å². The van der Waals surface area contributed by atoms with E-state index in [2.05, 4.69) is 38.0 Å². The summed E-state index contributed by atoms with van der Waals surface area (Å²) in [5, 5.41) is 3.09. The first kappa shape index (κ1) is 12.3. The highest BCUT2D eigenvalue weighted by atomic mass is 15.1. The Morgan fingerprint density at radius 1 is 1.38 bits per heavy atom. The maximum absolute atomic E-state index is 5.72. The van der Waals surface area contributed by atoms with Gasteiger partial charge in [-0.05, 0) is 26.7 Å². The van der Waals surface area contributed by atoms with E-state index < -0.39 is 0 Å². The van der Waals surface area contributed by atoms with Crippen molar-refractivity contribution in [2.45, 2.75) is 59.0 Å². The van der Waals surface area contributed by atoms with Crippen LogP contribution < -0.4 is 11.1 Å². The SMILES string of the molecule is CCCC(CC)N=C(N)NC(C)C. The fourth-order valence-corrected chi connectivity index (χ4v) is 1.22. The van der Waals surface area contributed by atoms with E-state index in [1.54, 1.807) is 0 Å². The Morgan fingerprint density at radius 2 is 2.00 bits per heavy atom. The lowest BCUT2D eigenvalue weighted by atomic mass is 10.1. The van der Waals surface area contributed by atoms with Gasteiger partial charge in [0.05, 0.1) is 6.04 Å². The van der Waals surface area contributed by atoms with Crippen LogP contribution in [0.15, 0.2) is 4.99 Å². The summed E-state index contributed by atoms with van der Waals surface area (Å²) in [6.07, 6.45) is 3.35. The molecule has 13 heavy (non-hydrogen) atoms. The molecule has 0 bridgehead atoms. The smallest absolute Gasteiger partial charge is 0.189 e. The van der Waals surface area contributed by atoms with Crippen LogP contribution in [0.2, 0.25) is 0 Å². The quantitative estimate of drug-likeness (QED) is 0.507. The summed E-state index contributed by atoms with van der Waals surface area (Å²) in [5.74, 6) is 0.579. The molecule has 0 aliphatic heterocycles. The summed E-state index contributed by atoms with van der Waals surface area (Å²) in [7, 11) is 0. The molecule has 1 atom stereocenters. The van der Waals surface area contributed by atoms with Crippen LogP contribution in [0.5, 0.6) is 0 Å². The molecule has 0 rings (SSSR count). The molecule has 0 aromatic rings. The van der Waals surface area contributed by atoms with Crippen LogP contribution in [-0.2, 0) is 0 Å². The Balaban J connectivity index is 3.99. The van der Waals surface area contributed by atoms with Crippen molar-refractivity contribution in [2.24, 2.45) is 10.7 Å². The summed E-state index contributed by atoms with van der Waals surface area (Å²) in [6, 6.07) is 0.749. The Kier molecular flexibility index (Phi) is 6.37. The minimum Gasteiger partial charge on any atom is -0.370 e. The van der Waals surface area contributed by atoms with Gasteiger partial charge in [-0.3, -0.25) is 4.99 Å². The topological polar surface area (TPSA) is 50.4 Å². The Labute approximate surface area is 81.8 Å². The average Bonchev–Trinajstić information content (AvgIpc) is 2.02. The summed E-state index contributed by atoms with van der Waals surface area (Å²) in [6.45, 7) is 8.43. The van der Waals surface area contributed by atoms with Crippen molar-refractivity contribution in [3.63, 3.8) is 0 Å². The maximum Gasteiger partial charge on any atom is 0.189 e. The van der Waals surface area contributed by atoms with Gasteiger partial charge >= 0.3 is 0 Å². The first-order valence-corrected chi connectivity index (χ1v) is 5.19. The number of aliphatic imine (C=N–C) groups is 1. The number of hydrogen-bond acceptors (Lipinski definition) is 1. The standard InChI is InChI=1S/C10H23N3/c1-5-7-9(6-2)13-10(11)12-8(3)4/h8-9H,5-7H2,1-4H3,(H3,11,12,13). The Morgan fingerprint density at radius 3 is 2.38 bits per heavy atom.